The van der Waals surface area contributed by atoms with Gasteiger partial charge in [0.15, 0.2) is 6.73 Å². The topological polar surface area (TPSA) is 50.8 Å². The van der Waals surface area contributed by atoms with E-state index in [-0.39, 0.29) is 0 Å². The zero-order valence-corrected chi connectivity index (χ0v) is 10.5. The van der Waals surface area contributed by atoms with Crippen LogP contribution in [0, 0.1) is 11.3 Å². The number of nitriles is 1. The van der Waals surface area contributed by atoms with Crippen LogP contribution in [0.1, 0.15) is 30.9 Å². The van der Waals surface area contributed by atoms with Gasteiger partial charge in [-0.3, -0.25) is 0 Å². The highest BCUT2D eigenvalue weighted by molar-refractivity contribution is 5.28. The number of rotatable bonds is 4. The third-order valence-corrected chi connectivity index (χ3v) is 2.67. The van der Waals surface area contributed by atoms with Crippen LogP contribution < -0.4 is 4.74 Å². The van der Waals surface area contributed by atoms with E-state index >= 15 is 0 Å². The summed E-state index contributed by atoms with van der Waals surface area (Å²) in [5.74, 6) is 1.32. The van der Waals surface area contributed by atoms with Crippen molar-refractivity contribution in [2.24, 2.45) is 0 Å². The molecule has 1 aromatic heterocycles. The van der Waals surface area contributed by atoms with Gasteiger partial charge in [-0.25, -0.2) is 4.68 Å². The zero-order chi connectivity index (χ0) is 13.0. The standard InChI is InChI=1S/C14H15N3O/c1-11(2)13-3-5-14(6-4-13)18-10-17-9-12(7-15)8-16-17/h3-6,8-9,11H,10H2,1-2H3. The summed E-state index contributed by atoms with van der Waals surface area (Å²) in [7, 11) is 0. The van der Waals surface area contributed by atoms with Crippen LogP contribution in [0.2, 0.25) is 0 Å². The first-order chi connectivity index (χ1) is 8.69. The largest absolute Gasteiger partial charge is 0.471 e. The minimum absolute atomic E-state index is 0.308. The molecule has 2 aromatic rings. The summed E-state index contributed by atoms with van der Waals surface area (Å²) < 4.78 is 7.17. The molecule has 1 heterocycles. The summed E-state index contributed by atoms with van der Waals surface area (Å²) in [4.78, 5) is 0. The molecule has 0 saturated carbocycles. The monoisotopic (exact) mass is 241 g/mol. The number of benzene rings is 1. The first-order valence-corrected chi connectivity index (χ1v) is 5.84. The molecule has 92 valence electrons. The van der Waals surface area contributed by atoms with Gasteiger partial charge in [0.25, 0.3) is 0 Å². The number of aromatic nitrogens is 2. The summed E-state index contributed by atoms with van der Waals surface area (Å²) in [6, 6.07) is 10.0. The van der Waals surface area contributed by atoms with Gasteiger partial charge in [0.2, 0.25) is 0 Å². The molecule has 18 heavy (non-hydrogen) atoms. The van der Waals surface area contributed by atoms with Crippen LogP contribution in [0.5, 0.6) is 5.75 Å². The molecular weight excluding hydrogens is 226 g/mol. The fraction of sp³-hybridized carbons (Fsp3) is 0.286. The Morgan fingerprint density at radius 1 is 1.33 bits per heavy atom. The maximum absolute atomic E-state index is 8.67. The van der Waals surface area contributed by atoms with Crippen molar-refractivity contribution in [3.63, 3.8) is 0 Å². The molecule has 0 N–H and O–H groups in total. The van der Waals surface area contributed by atoms with E-state index in [0.717, 1.165) is 5.75 Å². The van der Waals surface area contributed by atoms with E-state index in [4.69, 9.17) is 10.00 Å². The molecule has 4 heteroatoms. The lowest BCUT2D eigenvalue weighted by Gasteiger charge is -2.08. The van der Waals surface area contributed by atoms with Crippen molar-refractivity contribution in [1.82, 2.24) is 9.78 Å². The van der Waals surface area contributed by atoms with Crippen LogP contribution >= 0.6 is 0 Å². The summed E-state index contributed by atoms with van der Waals surface area (Å²) in [6.45, 7) is 4.62. The highest BCUT2D eigenvalue weighted by atomic mass is 16.5. The Morgan fingerprint density at radius 3 is 2.61 bits per heavy atom. The second-order valence-corrected chi connectivity index (χ2v) is 4.38. The Bertz CT molecular complexity index is 549. The quantitative estimate of drug-likeness (QED) is 0.827. The highest BCUT2D eigenvalue weighted by Gasteiger charge is 2.01. The van der Waals surface area contributed by atoms with E-state index in [1.807, 2.05) is 18.2 Å². The SMILES string of the molecule is CC(C)c1ccc(OCn2cc(C#N)cn2)cc1. The fourth-order valence-corrected chi connectivity index (χ4v) is 1.58. The maximum atomic E-state index is 8.67. The summed E-state index contributed by atoms with van der Waals surface area (Å²) in [6.07, 6.45) is 3.17. The van der Waals surface area contributed by atoms with E-state index in [1.165, 1.54) is 11.8 Å². The van der Waals surface area contributed by atoms with Gasteiger partial charge in [-0.15, -0.1) is 0 Å². The van der Waals surface area contributed by atoms with Crippen molar-refractivity contribution >= 4 is 0 Å². The van der Waals surface area contributed by atoms with Crippen molar-refractivity contribution < 1.29 is 4.74 Å². The highest BCUT2D eigenvalue weighted by Crippen LogP contribution is 2.18. The molecular formula is C14H15N3O. The lowest BCUT2D eigenvalue weighted by molar-refractivity contribution is 0.221. The van der Waals surface area contributed by atoms with Gasteiger partial charge < -0.3 is 4.74 Å². The predicted molar refractivity (Wildman–Crippen MR) is 68.1 cm³/mol. The first kappa shape index (κ1) is 12.2. The van der Waals surface area contributed by atoms with E-state index in [0.29, 0.717) is 18.2 Å². The van der Waals surface area contributed by atoms with Crippen LogP contribution in [-0.2, 0) is 6.73 Å². The molecule has 0 aliphatic carbocycles. The second-order valence-electron chi connectivity index (χ2n) is 4.38. The van der Waals surface area contributed by atoms with Crippen LogP contribution in [-0.4, -0.2) is 9.78 Å². The van der Waals surface area contributed by atoms with Crippen LogP contribution in [0.3, 0.4) is 0 Å². The predicted octanol–water partition coefficient (Wildman–Crippen LogP) is 2.91. The van der Waals surface area contributed by atoms with Crippen molar-refractivity contribution in [2.45, 2.75) is 26.5 Å². The zero-order valence-electron chi connectivity index (χ0n) is 10.5. The number of nitrogens with zero attached hydrogens (tertiary/aromatic N) is 3. The Hall–Kier alpha value is -2.28. The molecule has 4 nitrogen and oxygen atoms in total. The minimum Gasteiger partial charge on any atom is -0.471 e. The van der Waals surface area contributed by atoms with Gasteiger partial charge in [-0.2, -0.15) is 10.4 Å². The van der Waals surface area contributed by atoms with Crippen molar-refractivity contribution in [3.05, 3.63) is 47.8 Å². The molecule has 1 aromatic carbocycles. The average Bonchev–Trinajstić information content (AvgIpc) is 2.85. The summed E-state index contributed by atoms with van der Waals surface area (Å²) in [5.41, 5.74) is 1.82. The molecule has 0 aliphatic heterocycles. The number of ether oxygens (including phenoxy) is 1. The first-order valence-electron chi connectivity index (χ1n) is 5.84. The molecule has 0 atom stereocenters. The molecule has 0 spiro atoms. The second kappa shape index (κ2) is 5.37. The molecule has 0 bridgehead atoms. The van der Waals surface area contributed by atoms with Crippen LogP contribution in [0.25, 0.3) is 0 Å². The average molecular weight is 241 g/mol. The maximum Gasteiger partial charge on any atom is 0.180 e. The Kier molecular flexibility index (Phi) is 3.63. The molecule has 0 fully saturated rings. The Morgan fingerprint density at radius 2 is 2.06 bits per heavy atom. The molecule has 0 unspecified atom stereocenters. The molecule has 0 saturated heterocycles. The smallest absolute Gasteiger partial charge is 0.180 e. The molecule has 2 rings (SSSR count). The van der Waals surface area contributed by atoms with Crippen molar-refractivity contribution in [3.8, 4) is 11.8 Å². The van der Waals surface area contributed by atoms with Gasteiger partial charge >= 0.3 is 0 Å². The van der Waals surface area contributed by atoms with Crippen LogP contribution in [0.15, 0.2) is 36.7 Å². The van der Waals surface area contributed by atoms with Gasteiger partial charge in [0.05, 0.1) is 11.8 Å². The van der Waals surface area contributed by atoms with Gasteiger partial charge in [-0.05, 0) is 23.6 Å². The molecule has 0 amide bonds. The fourth-order valence-electron chi connectivity index (χ4n) is 1.58. The van der Waals surface area contributed by atoms with Gasteiger partial charge in [0.1, 0.15) is 11.8 Å². The van der Waals surface area contributed by atoms with E-state index in [1.54, 1.807) is 10.9 Å². The lowest BCUT2D eigenvalue weighted by Crippen LogP contribution is -2.05. The lowest BCUT2D eigenvalue weighted by atomic mass is 10.0. The summed E-state index contributed by atoms with van der Waals surface area (Å²) in [5, 5.41) is 12.7. The van der Waals surface area contributed by atoms with Crippen molar-refractivity contribution in [1.29, 1.82) is 5.26 Å². The Labute approximate surface area is 106 Å². The van der Waals surface area contributed by atoms with E-state index in [2.05, 4.69) is 31.1 Å². The van der Waals surface area contributed by atoms with Crippen molar-refractivity contribution in [2.75, 3.05) is 0 Å². The molecule has 0 radical (unpaired) electrons. The van der Waals surface area contributed by atoms with Crippen LogP contribution in [0.4, 0.5) is 0 Å². The molecule has 0 aliphatic rings. The van der Waals surface area contributed by atoms with E-state index in [9.17, 15) is 0 Å². The number of hydrogen-bond donors (Lipinski definition) is 0. The number of hydrogen-bond acceptors (Lipinski definition) is 3. The van der Waals surface area contributed by atoms with Gasteiger partial charge in [0, 0.05) is 6.20 Å². The van der Waals surface area contributed by atoms with Gasteiger partial charge in [-0.1, -0.05) is 26.0 Å². The normalized spacial score (nSPS) is 10.3. The minimum atomic E-state index is 0.308. The van der Waals surface area contributed by atoms with E-state index < -0.39 is 0 Å². The Balaban J connectivity index is 1.96. The third kappa shape index (κ3) is 2.89. The summed E-state index contributed by atoms with van der Waals surface area (Å²) >= 11 is 0. The third-order valence-electron chi connectivity index (χ3n) is 2.67.